The van der Waals surface area contributed by atoms with Gasteiger partial charge in [-0.3, -0.25) is 18.6 Å². The summed E-state index contributed by atoms with van der Waals surface area (Å²) in [6.07, 6.45) is 36.5. The zero-order chi connectivity index (χ0) is 40.9. The van der Waals surface area contributed by atoms with E-state index in [4.69, 9.17) is 18.5 Å². The van der Waals surface area contributed by atoms with Gasteiger partial charge in [0, 0.05) is 12.8 Å². The Labute approximate surface area is 336 Å². The van der Waals surface area contributed by atoms with Crippen molar-refractivity contribution in [3.63, 3.8) is 0 Å². The van der Waals surface area contributed by atoms with Crippen molar-refractivity contribution in [2.75, 3.05) is 47.5 Å². The topological polar surface area (TPSA) is 129 Å². The number of allylic oxidation sites excluding steroid dienone is 5. The third-order valence-corrected chi connectivity index (χ3v) is 10.2. The van der Waals surface area contributed by atoms with E-state index in [9.17, 15) is 24.2 Å². The summed E-state index contributed by atoms with van der Waals surface area (Å²) >= 11 is 0. The van der Waals surface area contributed by atoms with Crippen LogP contribution in [0.25, 0.3) is 0 Å². The second-order valence-corrected chi connectivity index (χ2v) is 17.4. The largest absolute Gasteiger partial charge is 0.472 e. The summed E-state index contributed by atoms with van der Waals surface area (Å²) in [7, 11) is 1.43. The number of hydrogen-bond acceptors (Lipinski definition) is 8. The number of carbonyl (C=O) groups excluding carboxylic acids is 2. The van der Waals surface area contributed by atoms with Crippen molar-refractivity contribution in [2.24, 2.45) is 0 Å². The van der Waals surface area contributed by atoms with E-state index in [0.717, 1.165) is 96.3 Å². The summed E-state index contributed by atoms with van der Waals surface area (Å²) in [4.78, 5) is 35.3. The minimum atomic E-state index is -4.39. The predicted octanol–water partition coefficient (Wildman–Crippen LogP) is 11.1. The summed E-state index contributed by atoms with van der Waals surface area (Å²) in [5.74, 6) is -0.858. The zero-order valence-electron chi connectivity index (χ0n) is 35.8. The van der Waals surface area contributed by atoms with Crippen molar-refractivity contribution in [2.45, 2.75) is 187 Å². The number of aliphatic hydroxyl groups excluding tert-OH is 1. The lowest BCUT2D eigenvalue weighted by Gasteiger charge is -2.24. The van der Waals surface area contributed by atoms with E-state index < -0.39 is 32.5 Å². The van der Waals surface area contributed by atoms with Gasteiger partial charge >= 0.3 is 19.8 Å². The third kappa shape index (κ3) is 40.2. The van der Waals surface area contributed by atoms with Crippen LogP contribution in [0.1, 0.15) is 174 Å². The fourth-order valence-electron chi connectivity index (χ4n) is 5.73. The molecule has 55 heavy (non-hydrogen) atoms. The molecule has 0 amide bonds. The molecule has 0 bridgehead atoms. The van der Waals surface area contributed by atoms with Gasteiger partial charge < -0.3 is 24.0 Å². The van der Waals surface area contributed by atoms with Crippen molar-refractivity contribution in [1.29, 1.82) is 0 Å². The summed E-state index contributed by atoms with van der Waals surface area (Å²) in [6, 6.07) is 0. The summed E-state index contributed by atoms with van der Waals surface area (Å²) in [6.45, 7) is 4.24. The van der Waals surface area contributed by atoms with E-state index in [-0.39, 0.29) is 32.2 Å². The Morgan fingerprint density at radius 1 is 0.636 bits per heavy atom. The molecular formula is C44H83NO9P+. The molecule has 0 radical (unpaired) electrons. The van der Waals surface area contributed by atoms with E-state index in [0.29, 0.717) is 17.4 Å². The van der Waals surface area contributed by atoms with Crippen LogP contribution in [0.4, 0.5) is 0 Å². The molecule has 3 atom stereocenters. The number of hydrogen-bond donors (Lipinski definition) is 2. The van der Waals surface area contributed by atoms with Crippen LogP contribution in [0.15, 0.2) is 36.5 Å². The van der Waals surface area contributed by atoms with Gasteiger partial charge in [-0.15, -0.1) is 0 Å². The normalized spacial score (nSPS) is 14.5. The first-order valence-electron chi connectivity index (χ1n) is 21.8. The Morgan fingerprint density at radius 3 is 1.73 bits per heavy atom. The highest BCUT2D eigenvalue weighted by Crippen LogP contribution is 2.43. The molecule has 11 heteroatoms. The maximum atomic E-state index is 12.7. The standard InChI is InChI=1S/C44H82NO9P/c1-6-8-10-11-12-13-14-15-16-17-18-21-24-27-31-35-43(47)51-39-42(40-53-55(49,50)52-38-37-45(3,4)5)54-44(48)36-32-28-25-22-19-20-23-26-30-34-41(46)33-29-9-7-2/h15-16,23,26,30,34,41-42,46H,6-14,17-22,24-25,27-29,31-33,35-40H2,1-5H3/p+1/b16-15-,26-23-,34-30+. The van der Waals surface area contributed by atoms with Gasteiger partial charge in [-0.1, -0.05) is 140 Å². The Bertz CT molecular complexity index is 1060. The molecule has 0 aromatic rings. The van der Waals surface area contributed by atoms with E-state index in [1.54, 1.807) is 0 Å². The number of quaternary nitrogens is 1. The van der Waals surface area contributed by atoms with Crippen LogP contribution in [0.5, 0.6) is 0 Å². The van der Waals surface area contributed by atoms with Crippen molar-refractivity contribution >= 4 is 19.8 Å². The molecule has 0 fully saturated rings. The Hall–Kier alpha value is -1.81. The minimum Gasteiger partial charge on any atom is -0.462 e. The van der Waals surface area contributed by atoms with Gasteiger partial charge in [-0.2, -0.15) is 0 Å². The van der Waals surface area contributed by atoms with E-state index in [2.05, 4.69) is 32.1 Å². The molecule has 0 saturated carbocycles. The van der Waals surface area contributed by atoms with E-state index >= 15 is 0 Å². The number of carbonyl (C=O) groups is 2. The molecule has 0 saturated heterocycles. The molecule has 0 aliphatic rings. The summed E-state index contributed by atoms with van der Waals surface area (Å²) in [5, 5.41) is 9.93. The number of unbranched alkanes of at least 4 members (excludes halogenated alkanes) is 18. The number of aliphatic hydroxyl groups is 1. The van der Waals surface area contributed by atoms with Crippen LogP contribution in [0.3, 0.4) is 0 Å². The quantitative estimate of drug-likeness (QED) is 0.0156. The molecule has 322 valence electrons. The lowest BCUT2D eigenvalue weighted by Crippen LogP contribution is -2.37. The maximum absolute atomic E-state index is 12.7. The number of phosphoric acid groups is 1. The van der Waals surface area contributed by atoms with E-state index in [1.165, 1.54) is 44.9 Å². The van der Waals surface area contributed by atoms with Gasteiger partial charge in [0.1, 0.15) is 19.8 Å². The first-order chi connectivity index (χ1) is 26.4. The first kappa shape index (κ1) is 53.2. The first-order valence-corrected chi connectivity index (χ1v) is 23.3. The molecule has 0 aromatic carbocycles. The Kier molecular flexibility index (Phi) is 35.3. The molecule has 0 aliphatic carbocycles. The third-order valence-electron chi connectivity index (χ3n) is 9.25. The molecule has 3 unspecified atom stereocenters. The Morgan fingerprint density at radius 2 is 1.15 bits per heavy atom. The number of phosphoric ester groups is 1. The molecular weight excluding hydrogens is 717 g/mol. The van der Waals surface area contributed by atoms with Crippen LogP contribution < -0.4 is 0 Å². The lowest BCUT2D eigenvalue weighted by molar-refractivity contribution is -0.870. The Balaban J connectivity index is 4.45. The van der Waals surface area contributed by atoms with Gasteiger partial charge in [0.05, 0.1) is 33.9 Å². The second-order valence-electron chi connectivity index (χ2n) is 15.9. The van der Waals surface area contributed by atoms with Crippen LogP contribution in [0.2, 0.25) is 0 Å². The van der Waals surface area contributed by atoms with Crippen LogP contribution in [-0.2, 0) is 32.7 Å². The monoisotopic (exact) mass is 801 g/mol. The van der Waals surface area contributed by atoms with Crippen molar-refractivity contribution < 1.29 is 47.2 Å². The lowest BCUT2D eigenvalue weighted by atomic mass is 10.1. The zero-order valence-corrected chi connectivity index (χ0v) is 36.7. The number of ether oxygens (including phenoxy) is 2. The fraction of sp³-hybridized carbons (Fsp3) is 0.818. The highest BCUT2D eigenvalue weighted by Gasteiger charge is 2.27. The van der Waals surface area contributed by atoms with Gasteiger partial charge in [-0.25, -0.2) is 4.57 Å². The van der Waals surface area contributed by atoms with Crippen LogP contribution >= 0.6 is 7.82 Å². The molecule has 0 spiro atoms. The molecule has 10 nitrogen and oxygen atoms in total. The molecule has 0 aromatic heterocycles. The van der Waals surface area contributed by atoms with Gasteiger partial charge in [0.15, 0.2) is 6.10 Å². The summed E-state index contributed by atoms with van der Waals surface area (Å²) < 4.78 is 34.2. The fourth-order valence-corrected chi connectivity index (χ4v) is 6.47. The smallest absolute Gasteiger partial charge is 0.462 e. The SMILES string of the molecule is CCCCCCCC/C=C\CCCCCCCC(=O)OCC(COP(=O)(O)OCC[N+](C)(C)C)OC(=O)CCCCCCC/C=C\C=C\C(O)CCCCC. The van der Waals surface area contributed by atoms with Crippen molar-refractivity contribution in [1.82, 2.24) is 0 Å². The molecule has 0 heterocycles. The maximum Gasteiger partial charge on any atom is 0.472 e. The van der Waals surface area contributed by atoms with Crippen molar-refractivity contribution in [3.8, 4) is 0 Å². The van der Waals surface area contributed by atoms with Crippen molar-refractivity contribution in [3.05, 3.63) is 36.5 Å². The number of nitrogens with zero attached hydrogens (tertiary/aromatic N) is 1. The van der Waals surface area contributed by atoms with Gasteiger partial charge in [0.2, 0.25) is 0 Å². The highest BCUT2D eigenvalue weighted by atomic mass is 31.2. The minimum absolute atomic E-state index is 0.0172. The molecule has 0 rings (SSSR count). The number of likely N-dealkylation sites (N-methyl/N-ethyl adjacent to an activating group) is 1. The second kappa shape index (κ2) is 36.5. The number of esters is 2. The van der Waals surface area contributed by atoms with E-state index in [1.807, 2.05) is 39.4 Å². The number of rotatable bonds is 39. The average molecular weight is 801 g/mol. The van der Waals surface area contributed by atoms with Gasteiger partial charge in [-0.05, 0) is 57.8 Å². The predicted molar refractivity (Wildman–Crippen MR) is 226 cm³/mol. The summed E-state index contributed by atoms with van der Waals surface area (Å²) in [5.41, 5.74) is 0. The van der Waals surface area contributed by atoms with Crippen LogP contribution in [0, 0.1) is 0 Å². The van der Waals surface area contributed by atoms with Gasteiger partial charge in [0.25, 0.3) is 0 Å². The molecule has 2 N–H and O–H groups in total. The molecule has 0 aliphatic heterocycles. The average Bonchev–Trinajstić information content (AvgIpc) is 3.12. The van der Waals surface area contributed by atoms with Crippen LogP contribution in [-0.4, -0.2) is 86.1 Å². The highest BCUT2D eigenvalue weighted by molar-refractivity contribution is 7.47.